The topological polar surface area (TPSA) is 326 Å². The summed E-state index contributed by atoms with van der Waals surface area (Å²) in [6.45, 7) is 3.29. The van der Waals surface area contributed by atoms with E-state index in [0.717, 1.165) is 72.8 Å². The molecule has 0 aromatic heterocycles. The molecule has 3 heterocycles. The summed E-state index contributed by atoms with van der Waals surface area (Å²) in [5.41, 5.74) is 3.65. The molecular formula is C72H78N4O18. The molecule has 6 aliphatic carbocycles. The number of anilines is 2. The monoisotopic (exact) mass is 1290 g/mol. The quantitative estimate of drug-likeness (QED) is 0.0535. The van der Waals surface area contributed by atoms with E-state index < -0.39 is 102 Å². The number of Topliss-reactive ketones (excluding diaryl/α,β-unsaturated/α-hetero) is 1. The van der Waals surface area contributed by atoms with Crippen molar-refractivity contribution >= 4 is 52.7 Å². The maximum atomic E-state index is 14.1. The highest BCUT2D eigenvalue weighted by molar-refractivity contribution is 6.01. The highest BCUT2D eigenvalue weighted by Crippen LogP contribution is 2.70. The van der Waals surface area contributed by atoms with E-state index in [1.165, 1.54) is 18.2 Å². The summed E-state index contributed by atoms with van der Waals surface area (Å²) in [5, 5.41) is 71.9. The number of aliphatic hydroxyl groups excluding tert-OH is 5. The summed E-state index contributed by atoms with van der Waals surface area (Å²) in [6.07, 6.45) is -1.08. The zero-order valence-electron chi connectivity index (χ0n) is 52.2. The number of aliphatic hydroxyl groups is 5. The molecule has 22 heteroatoms. The third-order valence-corrected chi connectivity index (χ3v) is 21.9. The number of alkyl carbamates (subject to hydrolysis) is 1. The second kappa shape index (κ2) is 25.6. The molecule has 494 valence electrons. The van der Waals surface area contributed by atoms with Crippen molar-refractivity contribution in [1.29, 1.82) is 0 Å². The van der Waals surface area contributed by atoms with Crippen molar-refractivity contribution in [3.8, 4) is 17.6 Å². The second-order valence-corrected chi connectivity index (χ2v) is 27.6. The van der Waals surface area contributed by atoms with Gasteiger partial charge in [0.2, 0.25) is 24.0 Å². The Balaban J connectivity index is 0.579. The van der Waals surface area contributed by atoms with Gasteiger partial charge in [0.05, 0.1) is 30.1 Å². The second-order valence-electron chi connectivity index (χ2n) is 27.6. The lowest BCUT2D eigenvalue weighted by atomic mass is 9.46. The van der Waals surface area contributed by atoms with Crippen LogP contribution in [0.25, 0.3) is 0 Å². The fourth-order valence-electron chi connectivity index (χ4n) is 17.4. The smallest absolute Gasteiger partial charge is 0.407 e. The number of rotatable bonds is 18. The molecule has 4 aromatic rings. The molecule has 5 saturated carbocycles. The van der Waals surface area contributed by atoms with Gasteiger partial charge < -0.3 is 75.2 Å². The van der Waals surface area contributed by atoms with Crippen molar-refractivity contribution in [3.05, 3.63) is 148 Å². The number of benzene rings is 4. The van der Waals surface area contributed by atoms with Gasteiger partial charge in [0, 0.05) is 65.3 Å². The minimum Gasteiger partial charge on any atom is -0.479 e. The fourth-order valence-corrected chi connectivity index (χ4v) is 17.4. The number of allylic oxidation sites excluding steroid dienone is 4. The Labute approximate surface area is 543 Å². The Bertz CT molecular complexity index is 3810. The number of carbonyl (C=O) groups excluding carboxylic acids is 6. The van der Waals surface area contributed by atoms with E-state index >= 15 is 0 Å². The normalized spacial score (nSPS) is 33.9. The first-order chi connectivity index (χ1) is 45.1. The van der Waals surface area contributed by atoms with Crippen molar-refractivity contribution in [2.75, 3.05) is 23.4 Å². The van der Waals surface area contributed by atoms with Crippen LogP contribution < -0.4 is 25.6 Å². The Morgan fingerprint density at radius 1 is 0.798 bits per heavy atom. The summed E-state index contributed by atoms with van der Waals surface area (Å²) < 4.78 is 30.3. The number of ketones is 2. The SMILES string of the molecule is C[C@]12C=CC(=O)C=C1CC[C@@H]1[C@@H]2[C@@H](O)C[C@@]2(C)[C@H]1C[C@H]1O[C@@H](c3ccc(CC4CC5(C4)CC(NC(=O)OCc4ccc(O[C@@H]6O[C@H](C(=O)O)[C@@H](O)[C@H](O)[C@H]6O)c(NC(=O)CCNC(=O)CCC(=O)N6Cc7ccccc7C#Cc7ccccc76)c4)C5)cc3)O[C@]12C(=O)CO. The van der Waals surface area contributed by atoms with Crippen molar-refractivity contribution in [2.45, 2.75) is 165 Å². The number of nitrogens with zero attached hydrogens (tertiary/aromatic N) is 1. The van der Waals surface area contributed by atoms with Crippen LogP contribution in [-0.4, -0.2) is 140 Å². The summed E-state index contributed by atoms with van der Waals surface area (Å²) in [4.78, 5) is 93.4. The van der Waals surface area contributed by atoms with Crippen molar-refractivity contribution < 1.29 is 87.9 Å². The number of nitrogens with one attached hydrogen (secondary N) is 3. The maximum Gasteiger partial charge on any atom is 0.407 e. The number of fused-ring (bicyclic) bond motifs is 9. The van der Waals surface area contributed by atoms with E-state index in [1.807, 2.05) is 73.7 Å². The lowest BCUT2D eigenvalue weighted by Crippen LogP contribution is -2.63. The van der Waals surface area contributed by atoms with E-state index in [2.05, 4.69) is 46.8 Å². The molecule has 0 radical (unpaired) electrons. The standard InChI is InChI=1S/C72H78N4O18/c1-69-25-23-48(78)29-46(69)18-19-49-50-30-56-72(55(80)37-77,70(50,2)35-53(79)60(49)69)94-66(92-56)44-14-11-39(12-15-44)27-41-31-71(32-41)33-47(34-71)74-68(89)90-38-40-13-20-54(91-67-63(86)61(84)62(85)64(93-67)65(87)88)51(28-40)75-58(82)24-26-73-57(81)21-22-59(83)76-36-45-9-4-3-7-42(45)16-17-43-8-5-6-10-52(43)76/h3-15,20,23,25,28-29,41,47,49-50,53,56,60-64,66-67,77,79,84-86H,18-19,21-22,24,26-27,30-38H2,1-2H3,(H,73,81)(H,74,89)(H,75,82)(H,87,88)/t41?,47?,49-,50-,53-,56+,60+,61-,62-,63+,64-,66+,67+,69-,70-,71?,72+/m0/s1. The number of aliphatic carboxylic acids is 1. The molecule has 2 saturated heterocycles. The molecule has 3 aliphatic heterocycles. The third kappa shape index (κ3) is 11.9. The molecule has 13 rings (SSSR count). The lowest BCUT2D eigenvalue weighted by Gasteiger charge is -2.59. The molecule has 22 nitrogen and oxygen atoms in total. The van der Waals surface area contributed by atoms with Gasteiger partial charge in [-0.2, -0.15) is 0 Å². The summed E-state index contributed by atoms with van der Waals surface area (Å²) >= 11 is 0. The van der Waals surface area contributed by atoms with Gasteiger partial charge in [-0.1, -0.05) is 98.0 Å². The van der Waals surface area contributed by atoms with E-state index in [4.69, 9.17) is 23.7 Å². The van der Waals surface area contributed by atoms with Crippen LogP contribution in [0.4, 0.5) is 16.2 Å². The molecule has 94 heavy (non-hydrogen) atoms. The first kappa shape index (κ1) is 64.6. The highest BCUT2D eigenvalue weighted by atomic mass is 16.7. The number of para-hydroxylation sites is 1. The number of hydrogen-bond acceptors (Lipinski definition) is 17. The number of carboxylic acids is 1. The summed E-state index contributed by atoms with van der Waals surface area (Å²) in [7, 11) is 0. The van der Waals surface area contributed by atoms with Crippen LogP contribution in [0.3, 0.4) is 0 Å². The van der Waals surface area contributed by atoms with Crippen LogP contribution in [0.2, 0.25) is 0 Å². The lowest BCUT2D eigenvalue weighted by molar-refractivity contribution is -0.271. The van der Waals surface area contributed by atoms with Crippen LogP contribution >= 0.6 is 0 Å². The number of amides is 4. The number of ether oxygens (including phenoxy) is 5. The van der Waals surface area contributed by atoms with Gasteiger partial charge in [0.25, 0.3) is 0 Å². The molecule has 14 atom stereocenters. The van der Waals surface area contributed by atoms with E-state index in [0.29, 0.717) is 35.6 Å². The molecule has 1 spiro atoms. The summed E-state index contributed by atoms with van der Waals surface area (Å²) in [6, 6.07) is 27.1. The highest BCUT2D eigenvalue weighted by Gasteiger charge is 2.76. The van der Waals surface area contributed by atoms with Crippen LogP contribution in [-0.2, 0) is 67.3 Å². The predicted molar refractivity (Wildman–Crippen MR) is 335 cm³/mol. The van der Waals surface area contributed by atoms with Crippen molar-refractivity contribution in [3.63, 3.8) is 0 Å². The average molecular weight is 1290 g/mol. The molecule has 7 fully saturated rings. The Morgan fingerprint density at radius 3 is 2.30 bits per heavy atom. The largest absolute Gasteiger partial charge is 0.479 e. The minimum absolute atomic E-state index is 0.0114. The van der Waals surface area contributed by atoms with Gasteiger partial charge in [-0.25, -0.2) is 9.59 Å². The van der Waals surface area contributed by atoms with Gasteiger partial charge in [-0.15, -0.1) is 0 Å². The van der Waals surface area contributed by atoms with E-state index in [1.54, 1.807) is 17.1 Å². The first-order valence-corrected chi connectivity index (χ1v) is 32.5. The van der Waals surface area contributed by atoms with E-state index in [-0.39, 0.29) is 91.3 Å². The van der Waals surface area contributed by atoms with Gasteiger partial charge >= 0.3 is 12.1 Å². The maximum absolute atomic E-state index is 14.1. The third-order valence-electron chi connectivity index (χ3n) is 21.9. The van der Waals surface area contributed by atoms with Crippen LogP contribution in [0, 0.1) is 51.8 Å². The van der Waals surface area contributed by atoms with Gasteiger partial charge in [-0.3, -0.25) is 24.0 Å². The molecule has 4 amide bonds. The minimum atomic E-state index is -1.98. The average Bonchev–Trinajstić information content (AvgIpc) is 1.49. The number of carboxylic acid groups (broad SMARTS) is 1. The number of carbonyl (C=O) groups is 7. The van der Waals surface area contributed by atoms with Crippen LogP contribution in [0.1, 0.15) is 124 Å². The molecule has 9 N–H and O–H groups in total. The van der Waals surface area contributed by atoms with Crippen LogP contribution in [0.5, 0.6) is 5.75 Å². The van der Waals surface area contributed by atoms with E-state index in [9.17, 15) is 64.2 Å². The number of hydrogen-bond donors (Lipinski definition) is 9. The molecule has 0 bridgehead atoms. The summed E-state index contributed by atoms with van der Waals surface area (Å²) in [5.74, 6) is 3.04. The van der Waals surface area contributed by atoms with Gasteiger partial charge in [0.15, 0.2) is 29.6 Å². The Kier molecular flexibility index (Phi) is 17.6. The zero-order valence-corrected chi connectivity index (χ0v) is 52.2. The Hall–Kier alpha value is -8.11. The first-order valence-electron chi connectivity index (χ1n) is 32.5. The molecule has 0 unspecified atom stereocenters. The van der Waals surface area contributed by atoms with Crippen molar-refractivity contribution in [2.24, 2.45) is 39.9 Å². The molecule has 4 aromatic carbocycles. The van der Waals surface area contributed by atoms with Crippen LogP contribution in [0.15, 0.2) is 115 Å². The van der Waals surface area contributed by atoms with Crippen molar-refractivity contribution in [1.82, 2.24) is 10.6 Å². The predicted octanol–water partition coefficient (Wildman–Crippen LogP) is 5.76. The molecular weight excluding hydrogens is 1210 g/mol. The Morgan fingerprint density at radius 2 is 1.53 bits per heavy atom. The van der Waals surface area contributed by atoms with Gasteiger partial charge in [-0.05, 0) is 140 Å². The fraction of sp³-hybridized carbons (Fsp3) is 0.486. The zero-order chi connectivity index (χ0) is 66.0. The molecule has 9 aliphatic rings. The van der Waals surface area contributed by atoms with Gasteiger partial charge in [0.1, 0.15) is 37.3 Å².